The lowest BCUT2D eigenvalue weighted by molar-refractivity contribution is 0.277. The second kappa shape index (κ2) is 9.30. The SMILES string of the molecule is CCCC1CN(/C(=C/C(=N)c2ccccc2O)C(=N)N)CCN1c1cc[nH]c(=O)c1. The Balaban J connectivity index is 1.86. The maximum Gasteiger partial charge on any atom is 0.249 e. The summed E-state index contributed by atoms with van der Waals surface area (Å²) in [7, 11) is 0. The van der Waals surface area contributed by atoms with Gasteiger partial charge in [0.1, 0.15) is 11.6 Å². The number of hydrogen-bond donors (Lipinski definition) is 5. The average Bonchev–Trinajstić information content (AvgIpc) is 2.72. The first-order valence-corrected chi connectivity index (χ1v) is 10.0. The van der Waals surface area contributed by atoms with Gasteiger partial charge in [-0.05, 0) is 30.7 Å². The Morgan fingerprint density at radius 1 is 1.30 bits per heavy atom. The number of anilines is 1. The summed E-state index contributed by atoms with van der Waals surface area (Å²) in [5.74, 6) is -0.0975. The molecule has 8 nitrogen and oxygen atoms in total. The molecule has 3 rings (SSSR count). The number of aromatic amines is 1. The smallest absolute Gasteiger partial charge is 0.249 e. The minimum Gasteiger partial charge on any atom is -0.507 e. The first kappa shape index (κ1) is 21.2. The van der Waals surface area contributed by atoms with Gasteiger partial charge in [-0.3, -0.25) is 10.2 Å². The molecule has 6 N–H and O–H groups in total. The normalized spacial score (nSPS) is 17.1. The summed E-state index contributed by atoms with van der Waals surface area (Å²) in [6, 6.07) is 10.3. The zero-order chi connectivity index (χ0) is 21.7. The second-order valence-electron chi connectivity index (χ2n) is 7.37. The van der Waals surface area contributed by atoms with E-state index in [9.17, 15) is 9.90 Å². The fourth-order valence-corrected chi connectivity index (χ4v) is 3.86. The summed E-state index contributed by atoms with van der Waals surface area (Å²) in [5, 5.41) is 26.5. The third-order valence-corrected chi connectivity index (χ3v) is 5.29. The first-order chi connectivity index (χ1) is 14.4. The molecule has 1 unspecified atom stereocenters. The number of pyridine rings is 1. The highest BCUT2D eigenvalue weighted by Gasteiger charge is 2.29. The van der Waals surface area contributed by atoms with Crippen LogP contribution in [0.1, 0.15) is 25.3 Å². The van der Waals surface area contributed by atoms with Crippen LogP contribution < -0.4 is 16.2 Å². The van der Waals surface area contributed by atoms with Gasteiger partial charge in [0.15, 0.2) is 0 Å². The summed E-state index contributed by atoms with van der Waals surface area (Å²) in [6.07, 6.45) is 5.10. The minimum atomic E-state index is -0.134. The van der Waals surface area contributed by atoms with Gasteiger partial charge in [0, 0.05) is 49.2 Å². The number of phenolic OH excluding ortho intramolecular Hbond substituents is 1. The molecule has 1 aliphatic heterocycles. The molecule has 1 saturated heterocycles. The van der Waals surface area contributed by atoms with Gasteiger partial charge in [0.05, 0.1) is 11.4 Å². The number of hydrogen-bond acceptors (Lipinski definition) is 6. The number of rotatable bonds is 7. The molecule has 1 aliphatic rings. The highest BCUT2D eigenvalue weighted by molar-refractivity contribution is 6.12. The van der Waals surface area contributed by atoms with Gasteiger partial charge in [0.25, 0.3) is 0 Å². The molecule has 1 aromatic carbocycles. The van der Waals surface area contributed by atoms with Crippen LogP contribution >= 0.6 is 0 Å². The number of piperazine rings is 1. The van der Waals surface area contributed by atoms with Crippen LogP contribution in [0.4, 0.5) is 5.69 Å². The van der Waals surface area contributed by atoms with Crippen LogP contribution in [0.3, 0.4) is 0 Å². The molecule has 8 heteroatoms. The molecule has 0 radical (unpaired) electrons. The van der Waals surface area contributed by atoms with Crippen molar-refractivity contribution in [3.63, 3.8) is 0 Å². The van der Waals surface area contributed by atoms with Crippen LogP contribution in [0, 0.1) is 10.8 Å². The summed E-state index contributed by atoms with van der Waals surface area (Å²) in [4.78, 5) is 18.6. The number of aromatic nitrogens is 1. The van der Waals surface area contributed by atoms with Crippen LogP contribution in [0.2, 0.25) is 0 Å². The number of para-hydroxylation sites is 1. The lowest BCUT2D eigenvalue weighted by Crippen LogP contribution is -2.54. The van der Waals surface area contributed by atoms with Crippen LogP contribution in [-0.4, -0.2) is 52.2 Å². The highest BCUT2D eigenvalue weighted by Crippen LogP contribution is 2.24. The number of nitrogens with one attached hydrogen (secondary N) is 3. The third-order valence-electron chi connectivity index (χ3n) is 5.29. The number of nitrogens with zero attached hydrogens (tertiary/aromatic N) is 2. The van der Waals surface area contributed by atoms with Crippen LogP contribution in [0.5, 0.6) is 5.75 Å². The van der Waals surface area contributed by atoms with E-state index in [0.29, 0.717) is 30.9 Å². The molecule has 2 heterocycles. The molecular formula is C22H28N6O2. The number of phenols is 1. The zero-order valence-corrected chi connectivity index (χ0v) is 17.1. The van der Waals surface area contributed by atoms with Gasteiger partial charge in [0.2, 0.25) is 5.56 Å². The molecule has 0 amide bonds. The molecule has 0 spiro atoms. The van der Waals surface area contributed by atoms with Crippen LogP contribution in [-0.2, 0) is 0 Å². The van der Waals surface area contributed by atoms with Gasteiger partial charge in [-0.25, -0.2) is 0 Å². The Morgan fingerprint density at radius 3 is 2.73 bits per heavy atom. The minimum absolute atomic E-state index is 0.0182. The van der Waals surface area contributed by atoms with Gasteiger partial charge in [-0.2, -0.15) is 0 Å². The highest BCUT2D eigenvalue weighted by atomic mass is 16.3. The standard InChI is InChI=1S/C22H28N6O2/c1-2-5-16-14-27(10-11-28(16)15-8-9-26-21(30)12-15)19(22(24)25)13-18(23)17-6-3-4-7-20(17)29/h3-4,6-9,12-13,16,23,29H,2,5,10-11,14H2,1H3,(H3,24,25)(H,26,30)/b19-13+,23-18?. The van der Waals surface area contributed by atoms with Crippen molar-refractivity contribution in [1.82, 2.24) is 9.88 Å². The number of aromatic hydroxyl groups is 1. The lowest BCUT2D eigenvalue weighted by Gasteiger charge is -2.44. The Hall–Kier alpha value is -3.55. The van der Waals surface area contributed by atoms with E-state index in [1.807, 2.05) is 11.0 Å². The van der Waals surface area contributed by atoms with Crippen molar-refractivity contribution in [1.29, 1.82) is 10.8 Å². The molecule has 1 aromatic heterocycles. The number of allylic oxidation sites excluding steroid dienone is 1. The molecular weight excluding hydrogens is 380 g/mol. The molecule has 1 atom stereocenters. The van der Waals surface area contributed by atoms with Crippen LogP contribution in [0.25, 0.3) is 0 Å². The Morgan fingerprint density at radius 2 is 2.07 bits per heavy atom. The van der Waals surface area contributed by atoms with Crippen molar-refractivity contribution in [3.05, 3.63) is 70.3 Å². The Kier molecular flexibility index (Phi) is 6.56. The van der Waals surface area contributed by atoms with E-state index < -0.39 is 0 Å². The number of amidine groups is 1. The second-order valence-corrected chi connectivity index (χ2v) is 7.37. The number of nitrogens with two attached hydrogens (primary N) is 1. The molecule has 2 aromatic rings. The maximum atomic E-state index is 11.8. The van der Waals surface area contributed by atoms with E-state index >= 15 is 0 Å². The van der Waals surface area contributed by atoms with Crippen molar-refractivity contribution in [2.75, 3.05) is 24.5 Å². The van der Waals surface area contributed by atoms with Crippen molar-refractivity contribution in [2.24, 2.45) is 5.73 Å². The Bertz CT molecular complexity index is 1010. The van der Waals surface area contributed by atoms with E-state index in [4.69, 9.17) is 16.6 Å². The van der Waals surface area contributed by atoms with Gasteiger partial charge >= 0.3 is 0 Å². The summed E-state index contributed by atoms with van der Waals surface area (Å²) < 4.78 is 0. The maximum absolute atomic E-state index is 11.8. The average molecular weight is 409 g/mol. The zero-order valence-electron chi connectivity index (χ0n) is 17.1. The van der Waals surface area contributed by atoms with Gasteiger partial charge in [-0.15, -0.1) is 0 Å². The molecule has 30 heavy (non-hydrogen) atoms. The van der Waals surface area contributed by atoms with E-state index in [-0.39, 0.29) is 28.9 Å². The largest absolute Gasteiger partial charge is 0.507 e. The quantitative estimate of drug-likeness (QED) is 0.354. The lowest BCUT2D eigenvalue weighted by atomic mass is 10.0. The summed E-state index contributed by atoms with van der Waals surface area (Å²) in [6.45, 7) is 4.01. The van der Waals surface area contributed by atoms with E-state index in [0.717, 1.165) is 18.5 Å². The molecule has 158 valence electrons. The van der Waals surface area contributed by atoms with Crippen molar-refractivity contribution < 1.29 is 5.11 Å². The number of benzene rings is 1. The van der Waals surface area contributed by atoms with Gasteiger partial charge < -0.3 is 31.0 Å². The molecule has 0 bridgehead atoms. The predicted octanol–water partition coefficient (Wildman–Crippen LogP) is 2.26. The van der Waals surface area contributed by atoms with E-state index in [1.165, 1.54) is 6.07 Å². The molecule has 0 saturated carbocycles. The Labute approximate surface area is 175 Å². The molecule has 1 fully saturated rings. The van der Waals surface area contributed by atoms with Crippen molar-refractivity contribution in [2.45, 2.75) is 25.8 Å². The predicted molar refractivity (Wildman–Crippen MR) is 120 cm³/mol. The number of H-pyrrole nitrogens is 1. The van der Waals surface area contributed by atoms with Gasteiger partial charge in [-0.1, -0.05) is 25.5 Å². The summed E-state index contributed by atoms with van der Waals surface area (Å²) in [5.41, 5.74) is 7.58. The van der Waals surface area contributed by atoms with Crippen LogP contribution in [0.15, 0.2) is 59.2 Å². The third kappa shape index (κ3) is 4.71. The first-order valence-electron chi connectivity index (χ1n) is 10.0. The van der Waals surface area contributed by atoms with E-state index in [1.54, 1.807) is 36.5 Å². The van der Waals surface area contributed by atoms with Crippen molar-refractivity contribution in [3.8, 4) is 5.75 Å². The topological polar surface area (TPSA) is 133 Å². The van der Waals surface area contributed by atoms with Crippen molar-refractivity contribution >= 4 is 17.2 Å². The fourth-order valence-electron chi connectivity index (χ4n) is 3.86. The van der Waals surface area contributed by atoms with E-state index in [2.05, 4.69) is 16.8 Å². The fraction of sp³-hybridized carbons (Fsp3) is 0.318. The summed E-state index contributed by atoms with van der Waals surface area (Å²) >= 11 is 0. The monoisotopic (exact) mass is 408 g/mol. The molecule has 0 aliphatic carbocycles.